The van der Waals surface area contributed by atoms with Gasteiger partial charge in [-0.2, -0.15) is 0 Å². The zero-order valence-electron chi connectivity index (χ0n) is 15.8. The molecular weight excluding hydrogens is 342 g/mol. The molecule has 3 rings (SSSR count). The Balaban J connectivity index is 1.44. The molecule has 1 aromatic heterocycles. The number of imide groups is 1. The largest absolute Gasteiger partial charge is 0.326 e. The zero-order chi connectivity index (χ0) is 19.2. The monoisotopic (exact) mass is 369 g/mol. The average molecular weight is 369 g/mol. The third-order valence-corrected chi connectivity index (χ3v) is 5.02. The van der Waals surface area contributed by atoms with Gasteiger partial charge in [0.05, 0.1) is 6.20 Å². The average Bonchev–Trinajstić information content (AvgIpc) is 2.66. The van der Waals surface area contributed by atoms with Crippen molar-refractivity contribution in [2.24, 2.45) is 0 Å². The standard InChI is InChI=1S/C20H25N5O2/c1-15-6-5-7-17(16(15)2)22-20(27)23-19(26)14-24-10-12-25(13-11-24)18-8-3-4-9-21-18/h3-9H,10-14H2,1-2H3,(H2,22,23,26,27)/p+2. The summed E-state index contributed by atoms with van der Waals surface area (Å²) in [5.41, 5.74) is 2.82. The second-order valence-electron chi connectivity index (χ2n) is 6.91. The van der Waals surface area contributed by atoms with Gasteiger partial charge in [0, 0.05) is 11.8 Å². The van der Waals surface area contributed by atoms with Crippen LogP contribution in [0.5, 0.6) is 0 Å². The van der Waals surface area contributed by atoms with E-state index in [0.717, 1.165) is 48.8 Å². The summed E-state index contributed by atoms with van der Waals surface area (Å²) in [5, 5.41) is 5.19. The Kier molecular flexibility index (Phi) is 6.03. The Hall–Kier alpha value is -2.93. The minimum absolute atomic E-state index is 0.257. The summed E-state index contributed by atoms with van der Waals surface area (Å²) < 4.78 is 0. The highest BCUT2D eigenvalue weighted by Gasteiger charge is 2.27. The molecule has 0 bridgehead atoms. The number of rotatable bonds is 4. The van der Waals surface area contributed by atoms with Gasteiger partial charge in [-0.25, -0.2) is 9.78 Å². The third kappa shape index (κ3) is 5.04. The molecule has 0 radical (unpaired) electrons. The van der Waals surface area contributed by atoms with Crippen LogP contribution in [0.2, 0.25) is 0 Å². The maximum atomic E-state index is 12.2. The number of pyridine rings is 1. The first-order chi connectivity index (χ1) is 13.0. The van der Waals surface area contributed by atoms with Crippen LogP contribution < -0.4 is 25.4 Å². The van der Waals surface area contributed by atoms with Gasteiger partial charge in [-0.3, -0.25) is 15.0 Å². The summed E-state index contributed by atoms with van der Waals surface area (Å²) in [5.74, 6) is 0.835. The molecule has 27 heavy (non-hydrogen) atoms. The summed E-state index contributed by atoms with van der Waals surface area (Å²) in [6, 6.07) is 11.2. The number of aromatic nitrogens is 1. The molecule has 142 valence electrons. The number of urea groups is 1. The van der Waals surface area contributed by atoms with Gasteiger partial charge in [-0.15, -0.1) is 0 Å². The molecule has 7 heteroatoms. The summed E-state index contributed by atoms with van der Waals surface area (Å²) >= 11 is 0. The number of aryl methyl sites for hydroxylation is 1. The highest BCUT2D eigenvalue weighted by molar-refractivity contribution is 6.01. The van der Waals surface area contributed by atoms with Crippen LogP contribution >= 0.6 is 0 Å². The van der Waals surface area contributed by atoms with E-state index in [1.807, 2.05) is 50.4 Å². The van der Waals surface area contributed by atoms with Crippen molar-refractivity contribution >= 4 is 23.4 Å². The second kappa shape index (κ2) is 8.64. The van der Waals surface area contributed by atoms with E-state index in [-0.39, 0.29) is 5.91 Å². The van der Waals surface area contributed by atoms with Gasteiger partial charge in [0.25, 0.3) is 11.7 Å². The molecule has 1 aromatic carbocycles. The first-order valence-electron chi connectivity index (χ1n) is 9.25. The topological polar surface area (TPSA) is 80.0 Å². The minimum Gasteiger partial charge on any atom is -0.321 e. The van der Waals surface area contributed by atoms with Crippen molar-refractivity contribution in [1.82, 2.24) is 5.32 Å². The molecule has 2 aromatic rings. The third-order valence-electron chi connectivity index (χ3n) is 5.02. The highest BCUT2D eigenvalue weighted by atomic mass is 16.2. The predicted molar refractivity (Wildman–Crippen MR) is 104 cm³/mol. The number of benzene rings is 1. The Morgan fingerprint density at radius 3 is 2.59 bits per heavy atom. The number of hydrogen-bond acceptors (Lipinski definition) is 3. The Labute approximate surface area is 159 Å². The van der Waals surface area contributed by atoms with Gasteiger partial charge in [0.1, 0.15) is 26.2 Å². The van der Waals surface area contributed by atoms with Crippen LogP contribution in [0, 0.1) is 13.8 Å². The number of carbonyl (C=O) groups is 2. The van der Waals surface area contributed by atoms with Crippen molar-refractivity contribution in [3.8, 4) is 0 Å². The number of carbonyl (C=O) groups excluding carboxylic acids is 2. The lowest BCUT2D eigenvalue weighted by Gasteiger charge is -2.27. The number of piperazine rings is 1. The molecule has 1 saturated heterocycles. The number of nitrogens with one attached hydrogen (secondary N) is 4. The Bertz CT molecular complexity index is 801. The van der Waals surface area contributed by atoms with E-state index in [1.54, 1.807) is 0 Å². The van der Waals surface area contributed by atoms with E-state index in [0.29, 0.717) is 6.54 Å². The number of quaternary nitrogens is 1. The predicted octanol–water partition coefficient (Wildman–Crippen LogP) is 0.171. The molecule has 0 atom stereocenters. The molecule has 2 heterocycles. The smallest absolute Gasteiger partial charge is 0.321 e. The Morgan fingerprint density at radius 2 is 1.89 bits per heavy atom. The number of anilines is 2. The molecule has 0 aliphatic carbocycles. The number of amides is 3. The van der Waals surface area contributed by atoms with E-state index >= 15 is 0 Å². The molecule has 1 fully saturated rings. The van der Waals surface area contributed by atoms with Crippen molar-refractivity contribution < 1.29 is 19.5 Å². The fraction of sp³-hybridized carbons (Fsp3) is 0.350. The van der Waals surface area contributed by atoms with Crippen LogP contribution in [0.15, 0.2) is 42.6 Å². The zero-order valence-corrected chi connectivity index (χ0v) is 15.8. The molecule has 0 spiro atoms. The van der Waals surface area contributed by atoms with Crippen molar-refractivity contribution in [3.05, 3.63) is 53.7 Å². The van der Waals surface area contributed by atoms with Crippen molar-refractivity contribution in [3.63, 3.8) is 0 Å². The van der Waals surface area contributed by atoms with Crippen LogP contribution in [0.1, 0.15) is 11.1 Å². The Morgan fingerprint density at radius 1 is 1.11 bits per heavy atom. The van der Waals surface area contributed by atoms with Crippen LogP contribution in [0.4, 0.5) is 16.3 Å². The van der Waals surface area contributed by atoms with Crippen LogP contribution in [0.3, 0.4) is 0 Å². The normalized spacial score (nSPS) is 14.7. The van der Waals surface area contributed by atoms with Crippen molar-refractivity contribution in [2.45, 2.75) is 13.8 Å². The van der Waals surface area contributed by atoms with E-state index in [9.17, 15) is 9.59 Å². The summed E-state index contributed by atoms with van der Waals surface area (Å²) in [6.07, 6.45) is 1.91. The fourth-order valence-corrected chi connectivity index (χ4v) is 3.26. The first-order valence-corrected chi connectivity index (χ1v) is 9.25. The molecule has 1 aliphatic rings. The van der Waals surface area contributed by atoms with Crippen LogP contribution in [-0.4, -0.2) is 44.7 Å². The molecular formula is C20H27N5O2+2. The van der Waals surface area contributed by atoms with Crippen LogP contribution in [0.25, 0.3) is 0 Å². The minimum atomic E-state index is -0.481. The number of H-pyrrole nitrogens is 1. The first kappa shape index (κ1) is 18.8. The lowest BCUT2D eigenvalue weighted by atomic mass is 10.1. The maximum absolute atomic E-state index is 12.2. The second-order valence-corrected chi connectivity index (χ2v) is 6.91. The van der Waals surface area contributed by atoms with Gasteiger partial charge in [0.15, 0.2) is 6.54 Å². The van der Waals surface area contributed by atoms with Gasteiger partial charge in [-0.05, 0) is 37.1 Å². The lowest BCUT2D eigenvalue weighted by molar-refractivity contribution is -0.892. The quantitative estimate of drug-likeness (QED) is 0.719. The van der Waals surface area contributed by atoms with Crippen molar-refractivity contribution in [1.29, 1.82) is 0 Å². The maximum Gasteiger partial charge on any atom is 0.326 e. The van der Waals surface area contributed by atoms with Gasteiger partial charge >= 0.3 is 6.03 Å². The summed E-state index contributed by atoms with van der Waals surface area (Å²) in [6.45, 7) is 7.69. The summed E-state index contributed by atoms with van der Waals surface area (Å²) in [7, 11) is 0. The lowest BCUT2D eigenvalue weighted by Crippen LogP contribution is -3.16. The molecule has 0 unspecified atom stereocenters. The van der Waals surface area contributed by atoms with Gasteiger partial charge in [-0.1, -0.05) is 18.2 Å². The molecule has 4 N–H and O–H groups in total. The molecule has 7 nitrogen and oxygen atoms in total. The van der Waals surface area contributed by atoms with E-state index in [4.69, 9.17) is 0 Å². The molecule has 0 saturated carbocycles. The van der Waals surface area contributed by atoms with Gasteiger partial charge < -0.3 is 10.2 Å². The highest BCUT2D eigenvalue weighted by Crippen LogP contribution is 2.17. The van der Waals surface area contributed by atoms with E-state index in [2.05, 4.69) is 26.6 Å². The number of nitrogens with zero attached hydrogens (tertiary/aromatic N) is 1. The van der Waals surface area contributed by atoms with Gasteiger partial charge in [0.2, 0.25) is 0 Å². The SMILES string of the molecule is Cc1cccc(NC(=O)NC(=O)C[NH+]2CCN(c3cccc[nH+]3)CC2)c1C. The van der Waals surface area contributed by atoms with E-state index < -0.39 is 6.03 Å². The van der Waals surface area contributed by atoms with Crippen LogP contribution in [-0.2, 0) is 4.79 Å². The number of aromatic amines is 1. The summed E-state index contributed by atoms with van der Waals surface area (Å²) in [4.78, 5) is 31.0. The molecule has 1 aliphatic heterocycles. The van der Waals surface area contributed by atoms with Crippen molar-refractivity contribution in [2.75, 3.05) is 42.9 Å². The fourth-order valence-electron chi connectivity index (χ4n) is 3.26. The number of hydrogen-bond donors (Lipinski definition) is 3. The molecule has 3 amide bonds. The van der Waals surface area contributed by atoms with E-state index in [1.165, 1.54) is 4.90 Å².